The molecule has 7 aromatic rings. The Hall–Kier alpha value is -4.36. The molecule has 0 spiro atoms. The fraction of sp³-hybridized carbons (Fsp3) is 0. The van der Waals surface area contributed by atoms with Crippen LogP contribution in [-0.2, 0) is 0 Å². The van der Waals surface area contributed by atoms with Crippen molar-refractivity contribution in [3.05, 3.63) is 121 Å². The van der Waals surface area contributed by atoms with Crippen LogP contribution in [0.2, 0.25) is 0 Å². The van der Waals surface area contributed by atoms with Gasteiger partial charge in [-0.1, -0.05) is 109 Å². The molecule has 0 aliphatic rings. The van der Waals surface area contributed by atoms with E-state index in [4.69, 9.17) is 0 Å². The van der Waals surface area contributed by atoms with Crippen molar-refractivity contribution in [3.8, 4) is 22.3 Å². The van der Waals surface area contributed by atoms with E-state index in [2.05, 4.69) is 126 Å². The maximum Gasteiger partial charge on any atom is 0.0551 e. The van der Waals surface area contributed by atoms with Gasteiger partial charge in [0.1, 0.15) is 0 Å². The number of nitrogens with one attached hydrogen (secondary N) is 1. The van der Waals surface area contributed by atoms with Crippen molar-refractivity contribution in [3.63, 3.8) is 0 Å². The number of H-pyrrole nitrogens is 1. The topological polar surface area (TPSA) is 15.8 Å². The third kappa shape index (κ3) is 2.73. The second-order valence-electron chi connectivity index (χ2n) is 8.65. The molecule has 0 aliphatic carbocycles. The maximum atomic E-state index is 3.88. The molecule has 0 aliphatic heterocycles. The van der Waals surface area contributed by atoms with Gasteiger partial charge in [0, 0.05) is 21.5 Å². The van der Waals surface area contributed by atoms with Crippen LogP contribution in [0, 0.1) is 0 Å². The number of aromatic amines is 1. The van der Waals surface area contributed by atoms with Gasteiger partial charge in [0.25, 0.3) is 0 Å². The average Bonchev–Trinajstić information content (AvgIpc) is 3.30. The number of benzene rings is 6. The Kier molecular flexibility index (Phi) is 3.91. The van der Waals surface area contributed by atoms with Crippen LogP contribution in [0.3, 0.4) is 0 Å². The van der Waals surface area contributed by atoms with Gasteiger partial charge < -0.3 is 4.98 Å². The molecule has 7 rings (SSSR count). The molecule has 1 nitrogen and oxygen atoms in total. The monoisotopic (exact) mass is 419 g/mol. The summed E-state index contributed by atoms with van der Waals surface area (Å²) in [7, 11) is 0. The van der Waals surface area contributed by atoms with Crippen LogP contribution in [-0.4, -0.2) is 4.98 Å². The van der Waals surface area contributed by atoms with Crippen molar-refractivity contribution in [2.24, 2.45) is 0 Å². The molecule has 33 heavy (non-hydrogen) atoms. The standard InChI is InChI=1S/C32H21N/c1-3-11-21(12-4-1)27-19-23-15-7-9-17-25(23)31-29(27)30-28(22-13-5-2-6-14-22)20-24-16-8-10-18-26(24)32(30)33-31/h1-20,33H. The molecule has 1 heterocycles. The molecule has 0 radical (unpaired) electrons. The van der Waals surface area contributed by atoms with Gasteiger partial charge in [-0.05, 0) is 45.2 Å². The van der Waals surface area contributed by atoms with E-state index in [9.17, 15) is 0 Å². The van der Waals surface area contributed by atoms with Crippen molar-refractivity contribution >= 4 is 43.4 Å². The minimum absolute atomic E-state index is 1.20. The smallest absolute Gasteiger partial charge is 0.0551 e. The van der Waals surface area contributed by atoms with E-state index in [0.717, 1.165) is 0 Å². The number of hydrogen-bond acceptors (Lipinski definition) is 0. The van der Waals surface area contributed by atoms with E-state index in [1.165, 1.54) is 65.6 Å². The van der Waals surface area contributed by atoms with Gasteiger partial charge in [-0.3, -0.25) is 0 Å². The lowest BCUT2D eigenvalue weighted by Gasteiger charge is -2.11. The molecule has 154 valence electrons. The highest BCUT2D eigenvalue weighted by Gasteiger charge is 2.19. The van der Waals surface area contributed by atoms with E-state index in [-0.39, 0.29) is 0 Å². The summed E-state index contributed by atoms with van der Waals surface area (Å²) in [5.41, 5.74) is 7.42. The van der Waals surface area contributed by atoms with Gasteiger partial charge >= 0.3 is 0 Å². The zero-order chi connectivity index (χ0) is 21.8. The highest BCUT2D eigenvalue weighted by atomic mass is 14.7. The quantitative estimate of drug-likeness (QED) is 0.288. The molecular formula is C32H21N. The lowest BCUT2D eigenvalue weighted by Crippen LogP contribution is -1.85. The largest absolute Gasteiger partial charge is 0.353 e. The highest BCUT2D eigenvalue weighted by Crippen LogP contribution is 2.45. The minimum Gasteiger partial charge on any atom is -0.353 e. The predicted molar refractivity (Wildman–Crippen MR) is 142 cm³/mol. The molecule has 0 saturated carbocycles. The zero-order valence-electron chi connectivity index (χ0n) is 18.0. The Morgan fingerprint density at radius 2 is 0.788 bits per heavy atom. The van der Waals surface area contributed by atoms with Gasteiger partial charge in [0.2, 0.25) is 0 Å². The molecule has 6 aromatic carbocycles. The van der Waals surface area contributed by atoms with Gasteiger partial charge in [-0.25, -0.2) is 0 Å². The number of hydrogen-bond donors (Lipinski definition) is 1. The third-order valence-corrected chi connectivity index (χ3v) is 6.77. The summed E-state index contributed by atoms with van der Waals surface area (Å²) in [6.07, 6.45) is 0. The predicted octanol–water partition coefficient (Wildman–Crippen LogP) is 8.96. The molecule has 0 saturated heterocycles. The number of rotatable bonds is 2. The van der Waals surface area contributed by atoms with Crippen molar-refractivity contribution in [2.45, 2.75) is 0 Å². The van der Waals surface area contributed by atoms with Crippen LogP contribution < -0.4 is 0 Å². The van der Waals surface area contributed by atoms with Crippen molar-refractivity contribution in [2.75, 3.05) is 0 Å². The molecule has 0 bridgehead atoms. The summed E-state index contributed by atoms with van der Waals surface area (Å²) in [5.74, 6) is 0. The van der Waals surface area contributed by atoms with Crippen molar-refractivity contribution in [1.29, 1.82) is 0 Å². The summed E-state index contributed by atoms with van der Waals surface area (Å²) < 4.78 is 0. The van der Waals surface area contributed by atoms with E-state index >= 15 is 0 Å². The van der Waals surface area contributed by atoms with E-state index in [1.807, 2.05) is 0 Å². The first kappa shape index (κ1) is 18.2. The van der Waals surface area contributed by atoms with E-state index in [1.54, 1.807) is 0 Å². The average molecular weight is 420 g/mol. The van der Waals surface area contributed by atoms with Crippen molar-refractivity contribution < 1.29 is 0 Å². The van der Waals surface area contributed by atoms with Crippen LogP contribution >= 0.6 is 0 Å². The SMILES string of the molecule is c1ccc(-c2cc3ccccc3c3[nH]c4c5ccccc5cc(-c5ccccc5)c4c23)cc1. The number of aromatic nitrogens is 1. The zero-order valence-corrected chi connectivity index (χ0v) is 18.0. The first-order chi connectivity index (χ1) is 16.4. The van der Waals surface area contributed by atoms with Gasteiger partial charge in [-0.2, -0.15) is 0 Å². The van der Waals surface area contributed by atoms with E-state index in [0.29, 0.717) is 0 Å². The molecule has 0 atom stereocenters. The fourth-order valence-electron chi connectivity index (χ4n) is 5.29. The summed E-state index contributed by atoms with van der Waals surface area (Å²) in [5, 5.41) is 7.60. The van der Waals surface area contributed by atoms with Gasteiger partial charge in [0.05, 0.1) is 11.0 Å². The maximum absolute atomic E-state index is 3.88. The summed E-state index contributed by atoms with van der Waals surface area (Å²) in [4.78, 5) is 3.88. The summed E-state index contributed by atoms with van der Waals surface area (Å²) in [6.45, 7) is 0. The lowest BCUT2D eigenvalue weighted by atomic mass is 9.91. The minimum atomic E-state index is 1.20. The molecule has 0 unspecified atom stereocenters. The van der Waals surface area contributed by atoms with Gasteiger partial charge in [-0.15, -0.1) is 0 Å². The summed E-state index contributed by atoms with van der Waals surface area (Å²) >= 11 is 0. The third-order valence-electron chi connectivity index (χ3n) is 6.77. The molecule has 1 heteroatoms. The Morgan fingerprint density at radius 3 is 1.24 bits per heavy atom. The second kappa shape index (κ2) is 7.08. The van der Waals surface area contributed by atoms with Crippen LogP contribution in [0.25, 0.3) is 65.6 Å². The molecule has 0 amide bonds. The Labute approximate surface area is 191 Å². The molecule has 1 aromatic heterocycles. The lowest BCUT2D eigenvalue weighted by molar-refractivity contribution is 1.58. The van der Waals surface area contributed by atoms with Crippen LogP contribution in [0.1, 0.15) is 0 Å². The Bertz CT molecular complexity index is 1660. The van der Waals surface area contributed by atoms with Gasteiger partial charge in [0.15, 0.2) is 0 Å². The second-order valence-corrected chi connectivity index (χ2v) is 8.65. The summed E-state index contributed by atoms with van der Waals surface area (Å²) in [6, 6.07) is 43.6. The van der Waals surface area contributed by atoms with E-state index < -0.39 is 0 Å². The van der Waals surface area contributed by atoms with Crippen molar-refractivity contribution in [1.82, 2.24) is 4.98 Å². The highest BCUT2D eigenvalue weighted by molar-refractivity contribution is 6.30. The Balaban J connectivity index is 1.78. The first-order valence-corrected chi connectivity index (χ1v) is 11.4. The number of fused-ring (bicyclic) bond motifs is 7. The van der Waals surface area contributed by atoms with Crippen LogP contribution in [0.4, 0.5) is 0 Å². The molecule has 0 fully saturated rings. The normalized spacial score (nSPS) is 11.6. The fourth-order valence-corrected chi connectivity index (χ4v) is 5.29. The van der Waals surface area contributed by atoms with Crippen LogP contribution in [0.15, 0.2) is 121 Å². The van der Waals surface area contributed by atoms with Crippen LogP contribution in [0.5, 0.6) is 0 Å². The molecular weight excluding hydrogens is 398 g/mol. The Morgan fingerprint density at radius 1 is 0.394 bits per heavy atom. The molecule has 1 N–H and O–H groups in total. The first-order valence-electron chi connectivity index (χ1n) is 11.4.